The van der Waals surface area contributed by atoms with Crippen LogP contribution in [-0.2, 0) is 11.3 Å². The first-order chi connectivity index (χ1) is 10.6. The summed E-state index contributed by atoms with van der Waals surface area (Å²) in [6.07, 6.45) is 3.96. The van der Waals surface area contributed by atoms with E-state index in [9.17, 15) is 0 Å². The van der Waals surface area contributed by atoms with Gasteiger partial charge in [0, 0.05) is 17.0 Å². The molecule has 1 aliphatic rings. The predicted octanol–water partition coefficient (Wildman–Crippen LogP) is 4.51. The van der Waals surface area contributed by atoms with Crippen molar-refractivity contribution in [2.75, 3.05) is 0 Å². The van der Waals surface area contributed by atoms with Crippen molar-refractivity contribution in [3.63, 3.8) is 0 Å². The lowest BCUT2D eigenvalue weighted by Gasteiger charge is -2.28. The normalized spacial score (nSPS) is 19.7. The molecule has 0 radical (unpaired) electrons. The third-order valence-electron chi connectivity index (χ3n) is 3.82. The number of aryl methyl sites for hydroxylation is 1. The van der Waals surface area contributed by atoms with Crippen molar-refractivity contribution in [3.05, 3.63) is 69.2 Å². The number of hydroxylamine groups is 2. The van der Waals surface area contributed by atoms with Gasteiger partial charge < -0.3 is 10.6 Å². The summed E-state index contributed by atoms with van der Waals surface area (Å²) < 4.78 is 0.783. The summed E-state index contributed by atoms with van der Waals surface area (Å²) in [6.45, 7) is 2.16. The van der Waals surface area contributed by atoms with Crippen LogP contribution in [0, 0.1) is 0 Å². The van der Waals surface area contributed by atoms with E-state index in [1.165, 1.54) is 5.56 Å². The molecule has 3 rings (SSSR count). The standard InChI is InChI=1S/C17H19ClN2OS/c1-12(7-8-13-5-3-2-4-6-13)20-14(11-17(19)21-20)15-9-10-16(18)22-15/h2-6,9-12,14H,7-8,19H2,1H3. The Hall–Kier alpha value is -1.49. The zero-order valence-electron chi connectivity index (χ0n) is 12.4. The summed E-state index contributed by atoms with van der Waals surface area (Å²) in [5.41, 5.74) is 7.21. The van der Waals surface area contributed by atoms with Crippen molar-refractivity contribution in [3.8, 4) is 0 Å². The van der Waals surface area contributed by atoms with Crippen LogP contribution in [0.2, 0.25) is 4.34 Å². The number of hydrogen-bond acceptors (Lipinski definition) is 4. The molecular formula is C17H19ClN2OS. The summed E-state index contributed by atoms with van der Waals surface area (Å²) in [5, 5.41) is 1.97. The zero-order chi connectivity index (χ0) is 15.5. The van der Waals surface area contributed by atoms with Gasteiger partial charge in [0.15, 0.2) is 0 Å². The molecule has 0 saturated heterocycles. The molecule has 1 aromatic carbocycles. The van der Waals surface area contributed by atoms with E-state index < -0.39 is 0 Å². The molecule has 1 aromatic heterocycles. The molecule has 0 bridgehead atoms. The van der Waals surface area contributed by atoms with Gasteiger partial charge in [-0.15, -0.1) is 16.4 Å². The number of rotatable bonds is 5. The van der Waals surface area contributed by atoms with Gasteiger partial charge >= 0.3 is 0 Å². The smallest absolute Gasteiger partial charge is 0.207 e. The van der Waals surface area contributed by atoms with E-state index >= 15 is 0 Å². The van der Waals surface area contributed by atoms with Crippen LogP contribution in [0.15, 0.2) is 54.4 Å². The molecule has 2 aromatic rings. The number of hydrogen-bond donors (Lipinski definition) is 1. The van der Waals surface area contributed by atoms with Crippen LogP contribution in [0.4, 0.5) is 0 Å². The molecule has 2 heterocycles. The Balaban J connectivity index is 1.67. The van der Waals surface area contributed by atoms with E-state index in [4.69, 9.17) is 22.2 Å². The summed E-state index contributed by atoms with van der Waals surface area (Å²) in [6, 6.07) is 14.7. The highest BCUT2D eigenvalue weighted by atomic mass is 35.5. The maximum Gasteiger partial charge on any atom is 0.207 e. The topological polar surface area (TPSA) is 38.5 Å². The summed E-state index contributed by atoms with van der Waals surface area (Å²) >= 11 is 7.62. The maximum absolute atomic E-state index is 6.05. The first kappa shape index (κ1) is 15.4. The molecular weight excluding hydrogens is 316 g/mol. The molecule has 116 valence electrons. The maximum atomic E-state index is 6.05. The molecule has 0 aliphatic carbocycles. The van der Waals surface area contributed by atoms with Crippen LogP contribution in [0.25, 0.3) is 0 Å². The van der Waals surface area contributed by atoms with Gasteiger partial charge in [0.05, 0.1) is 4.34 Å². The van der Waals surface area contributed by atoms with Gasteiger partial charge in [0.2, 0.25) is 5.88 Å². The minimum absolute atomic E-state index is 0.0447. The lowest BCUT2D eigenvalue weighted by molar-refractivity contribution is -0.148. The van der Waals surface area contributed by atoms with Gasteiger partial charge in [-0.2, -0.15) is 0 Å². The van der Waals surface area contributed by atoms with E-state index in [2.05, 4.69) is 31.2 Å². The molecule has 1 aliphatic heterocycles. The van der Waals surface area contributed by atoms with E-state index in [1.807, 2.05) is 29.3 Å². The van der Waals surface area contributed by atoms with Crippen LogP contribution < -0.4 is 5.73 Å². The third-order valence-corrected chi connectivity index (χ3v) is 5.12. The van der Waals surface area contributed by atoms with Crippen LogP contribution in [0.3, 0.4) is 0 Å². The Kier molecular flexibility index (Phi) is 4.71. The molecule has 2 N–H and O–H groups in total. The highest BCUT2D eigenvalue weighted by Crippen LogP contribution is 2.37. The highest BCUT2D eigenvalue weighted by molar-refractivity contribution is 7.16. The van der Waals surface area contributed by atoms with Gasteiger partial charge in [-0.3, -0.25) is 0 Å². The lowest BCUT2D eigenvalue weighted by atomic mass is 10.1. The second-order valence-corrected chi connectivity index (χ2v) is 7.23. The Morgan fingerprint density at radius 2 is 2.05 bits per heavy atom. The fourth-order valence-electron chi connectivity index (χ4n) is 2.64. The van der Waals surface area contributed by atoms with Crippen molar-refractivity contribution in [1.82, 2.24) is 5.06 Å². The van der Waals surface area contributed by atoms with Crippen molar-refractivity contribution in [2.24, 2.45) is 5.73 Å². The fourth-order valence-corrected chi connectivity index (χ4v) is 3.76. The van der Waals surface area contributed by atoms with E-state index in [1.54, 1.807) is 11.3 Å². The van der Waals surface area contributed by atoms with Crippen molar-refractivity contribution in [1.29, 1.82) is 0 Å². The minimum Gasteiger partial charge on any atom is -0.387 e. The van der Waals surface area contributed by atoms with E-state index in [0.29, 0.717) is 5.88 Å². The second kappa shape index (κ2) is 6.73. The largest absolute Gasteiger partial charge is 0.387 e. The number of halogens is 1. The molecule has 0 saturated carbocycles. The molecule has 2 unspecified atom stereocenters. The average molecular weight is 335 g/mol. The van der Waals surface area contributed by atoms with Gasteiger partial charge in [-0.05, 0) is 37.5 Å². The molecule has 0 fully saturated rings. The first-order valence-electron chi connectivity index (χ1n) is 7.36. The van der Waals surface area contributed by atoms with E-state index in [-0.39, 0.29) is 12.1 Å². The quantitative estimate of drug-likeness (QED) is 0.874. The second-order valence-electron chi connectivity index (χ2n) is 5.48. The number of nitrogens with two attached hydrogens (primary N) is 1. The molecule has 22 heavy (non-hydrogen) atoms. The summed E-state index contributed by atoms with van der Waals surface area (Å²) in [7, 11) is 0. The van der Waals surface area contributed by atoms with Crippen LogP contribution in [0.5, 0.6) is 0 Å². The molecule has 3 nitrogen and oxygen atoms in total. The van der Waals surface area contributed by atoms with Gasteiger partial charge in [0.1, 0.15) is 6.04 Å². The number of benzene rings is 1. The monoisotopic (exact) mass is 334 g/mol. The summed E-state index contributed by atoms with van der Waals surface area (Å²) in [5.74, 6) is 0.459. The Morgan fingerprint density at radius 1 is 1.27 bits per heavy atom. The van der Waals surface area contributed by atoms with Crippen LogP contribution in [-0.4, -0.2) is 11.1 Å². The van der Waals surface area contributed by atoms with E-state index in [0.717, 1.165) is 22.1 Å². The minimum atomic E-state index is 0.0447. The fraction of sp³-hybridized carbons (Fsp3) is 0.294. The number of thiophene rings is 1. The molecule has 5 heteroatoms. The van der Waals surface area contributed by atoms with Crippen LogP contribution in [0.1, 0.15) is 29.8 Å². The van der Waals surface area contributed by atoms with Crippen molar-refractivity contribution < 1.29 is 4.84 Å². The molecule has 0 spiro atoms. The predicted molar refractivity (Wildman–Crippen MR) is 91.5 cm³/mol. The Bertz CT molecular complexity index is 656. The zero-order valence-corrected chi connectivity index (χ0v) is 14.0. The Labute approximate surface area is 139 Å². The third kappa shape index (κ3) is 3.46. The van der Waals surface area contributed by atoms with Crippen molar-refractivity contribution in [2.45, 2.75) is 31.8 Å². The van der Waals surface area contributed by atoms with Gasteiger partial charge in [-0.25, -0.2) is 0 Å². The van der Waals surface area contributed by atoms with Gasteiger partial charge in [-0.1, -0.05) is 41.9 Å². The van der Waals surface area contributed by atoms with Crippen molar-refractivity contribution >= 4 is 22.9 Å². The highest BCUT2D eigenvalue weighted by Gasteiger charge is 2.32. The summed E-state index contributed by atoms with van der Waals surface area (Å²) in [4.78, 5) is 6.87. The lowest BCUT2D eigenvalue weighted by Crippen LogP contribution is -2.32. The van der Waals surface area contributed by atoms with Gasteiger partial charge in [0.25, 0.3) is 0 Å². The number of nitrogens with zero attached hydrogens (tertiary/aromatic N) is 1. The molecule has 2 atom stereocenters. The SMILES string of the molecule is CC(CCc1ccccc1)N1OC(N)=CC1c1ccc(Cl)s1. The van der Waals surface area contributed by atoms with Crippen LogP contribution >= 0.6 is 22.9 Å². The Morgan fingerprint density at radius 3 is 2.73 bits per heavy atom. The first-order valence-corrected chi connectivity index (χ1v) is 8.55. The average Bonchev–Trinajstić information content (AvgIpc) is 3.11. The molecule has 0 amide bonds.